The zero-order valence-corrected chi connectivity index (χ0v) is 22.6. The third-order valence-corrected chi connectivity index (χ3v) is 8.37. The van der Waals surface area contributed by atoms with E-state index in [0.29, 0.717) is 41.2 Å². The molecule has 0 bridgehead atoms. The monoisotopic (exact) mass is 517 g/mol. The predicted octanol–water partition coefficient (Wildman–Crippen LogP) is 3.61. The minimum Gasteiger partial charge on any atom is -0.494 e. The molecule has 1 aromatic carbocycles. The Labute approximate surface area is 221 Å². The number of rotatable bonds is 7. The van der Waals surface area contributed by atoms with Gasteiger partial charge in [-0.05, 0) is 49.8 Å². The Hall–Kier alpha value is -3.66. The van der Waals surface area contributed by atoms with E-state index in [0.717, 1.165) is 41.0 Å². The molecule has 1 saturated carbocycles. The van der Waals surface area contributed by atoms with Crippen LogP contribution in [0.4, 0.5) is 0 Å². The molecule has 10 heteroatoms. The number of hydrogen-bond acceptors (Lipinski definition) is 7. The van der Waals surface area contributed by atoms with E-state index in [1.54, 1.807) is 20.4 Å². The summed E-state index contributed by atoms with van der Waals surface area (Å²) in [5, 5.41) is 0.932. The molecule has 2 fully saturated rings. The van der Waals surface area contributed by atoms with Gasteiger partial charge < -0.3 is 29.2 Å². The Morgan fingerprint density at radius 1 is 1.16 bits per heavy atom. The highest BCUT2D eigenvalue weighted by atomic mass is 16.5. The highest BCUT2D eigenvalue weighted by Gasteiger charge is 2.39. The second-order valence-corrected chi connectivity index (χ2v) is 10.7. The van der Waals surface area contributed by atoms with Gasteiger partial charge in [0.05, 0.1) is 25.4 Å². The van der Waals surface area contributed by atoms with Crippen molar-refractivity contribution in [1.29, 1.82) is 0 Å². The number of aromatic nitrogens is 5. The number of amides is 1. The largest absolute Gasteiger partial charge is 0.494 e. The summed E-state index contributed by atoms with van der Waals surface area (Å²) in [6.07, 6.45) is 5.16. The number of likely N-dealkylation sites (tertiary alicyclic amines) is 1. The standard InChI is InChI=1S/C28H35N7O3/c1-6-17-14-34(15(2)23(17)29)27(36)18-9-20-24(22(11-18)37-4)33(3)26(31-20)21-10-19-12-30-28(38-5)32-25(19)35(21)13-16-7-8-16/h9-12,15-17,23H,6-8,13-14,29H2,1-5H3/t15?,17-,23?/m1/s1. The number of fused-ring (bicyclic) bond motifs is 2. The van der Waals surface area contributed by atoms with Gasteiger partial charge in [-0.2, -0.15) is 4.98 Å². The lowest BCUT2D eigenvalue weighted by Gasteiger charge is -2.23. The maximum Gasteiger partial charge on any atom is 0.318 e. The average Bonchev–Trinajstić information content (AvgIpc) is 3.51. The van der Waals surface area contributed by atoms with Crippen LogP contribution in [0.2, 0.25) is 0 Å². The molecule has 1 aliphatic heterocycles. The summed E-state index contributed by atoms with van der Waals surface area (Å²) in [5.41, 5.74) is 10.3. The van der Waals surface area contributed by atoms with Crippen molar-refractivity contribution in [1.82, 2.24) is 29.0 Å². The summed E-state index contributed by atoms with van der Waals surface area (Å²) >= 11 is 0. The van der Waals surface area contributed by atoms with E-state index in [1.165, 1.54) is 12.8 Å². The molecule has 3 atom stereocenters. The summed E-state index contributed by atoms with van der Waals surface area (Å²) in [6, 6.07) is 6.07. The molecule has 1 aliphatic carbocycles. The number of ether oxygens (including phenoxy) is 2. The highest BCUT2D eigenvalue weighted by Crippen LogP contribution is 2.38. The van der Waals surface area contributed by atoms with Gasteiger partial charge in [0.2, 0.25) is 0 Å². The van der Waals surface area contributed by atoms with E-state index in [4.69, 9.17) is 20.2 Å². The number of nitrogens with zero attached hydrogens (tertiary/aromatic N) is 6. The number of aryl methyl sites for hydroxylation is 1. The van der Waals surface area contributed by atoms with Gasteiger partial charge in [-0.3, -0.25) is 4.79 Å². The first-order valence-corrected chi connectivity index (χ1v) is 13.4. The van der Waals surface area contributed by atoms with Gasteiger partial charge in [0.15, 0.2) is 5.82 Å². The molecule has 200 valence electrons. The Bertz CT molecular complexity index is 1540. The molecule has 4 aromatic rings. The fraction of sp³-hybridized carbons (Fsp3) is 0.500. The molecule has 1 saturated heterocycles. The number of hydrogen-bond donors (Lipinski definition) is 1. The first kappa shape index (κ1) is 24.7. The van der Waals surface area contributed by atoms with Crippen LogP contribution in [0.1, 0.15) is 43.5 Å². The minimum atomic E-state index is -0.0403. The van der Waals surface area contributed by atoms with Crippen molar-refractivity contribution >= 4 is 28.0 Å². The first-order valence-electron chi connectivity index (χ1n) is 13.4. The van der Waals surface area contributed by atoms with Gasteiger partial charge in [0.25, 0.3) is 5.91 Å². The SMILES string of the molecule is CC[C@@H]1CN(C(=O)c2cc(OC)c3c(c2)nc(-c2cc4cnc(OC)nc4n2CC2CC2)n3C)C(C)C1N. The molecule has 0 radical (unpaired) electrons. The Balaban J connectivity index is 1.46. The number of carbonyl (C=O) groups is 1. The first-order chi connectivity index (χ1) is 18.3. The van der Waals surface area contributed by atoms with Crippen LogP contribution >= 0.6 is 0 Å². The van der Waals surface area contributed by atoms with Crippen LogP contribution in [0.15, 0.2) is 24.4 Å². The van der Waals surface area contributed by atoms with Crippen molar-refractivity contribution in [2.75, 3.05) is 20.8 Å². The number of nitrogens with two attached hydrogens (primary N) is 1. The lowest BCUT2D eigenvalue weighted by atomic mass is 9.98. The summed E-state index contributed by atoms with van der Waals surface area (Å²) in [7, 11) is 5.18. The highest BCUT2D eigenvalue weighted by molar-refractivity contribution is 6.00. The molecule has 6 rings (SSSR count). The van der Waals surface area contributed by atoms with Gasteiger partial charge in [-0.1, -0.05) is 13.3 Å². The molecule has 2 aliphatic rings. The van der Waals surface area contributed by atoms with Crippen LogP contribution in [-0.2, 0) is 13.6 Å². The van der Waals surface area contributed by atoms with Crippen LogP contribution in [-0.4, -0.2) is 67.7 Å². The van der Waals surface area contributed by atoms with E-state index in [2.05, 4.69) is 27.5 Å². The molecule has 3 aromatic heterocycles. The number of carbonyl (C=O) groups excluding carboxylic acids is 1. The Kier molecular flexibility index (Phi) is 6.02. The average molecular weight is 518 g/mol. The van der Waals surface area contributed by atoms with E-state index in [-0.39, 0.29) is 18.0 Å². The van der Waals surface area contributed by atoms with Crippen molar-refractivity contribution < 1.29 is 14.3 Å². The second-order valence-electron chi connectivity index (χ2n) is 10.7. The molecule has 10 nitrogen and oxygen atoms in total. The van der Waals surface area contributed by atoms with Crippen LogP contribution in [0.5, 0.6) is 11.8 Å². The maximum absolute atomic E-state index is 13.6. The zero-order chi connectivity index (χ0) is 26.7. The molecule has 0 spiro atoms. The molecule has 38 heavy (non-hydrogen) atoms. The number of methoxy groups -OCH3 is 2. The van der Waals surface area contributed by atoms with E-state index in [9.17, 15) is 4.79 Å². The number of benzene rings is 1. The van der Waals surface area contributed by atoms with Crippen LogP contribution in [0.25, 0.3) is 33.6 Å². The molecular formula is C28H35N7O3. The fourth-order valence-corrected chi connectivity index (χ4v) is 5.85. The van der Waals surface area contributed by atoms with Gasteiger partial charge in [-0.15, -0.1) is 0 Å². The Morgan fingerprint density at radius 3 is 2.61 bits per heavy atom. The third kappa shape index (κ3) is 3.89. The Morgan fingerprint density at radius 2 is 1.95 bits per heavy atom. The van der Waals surface area contributed by atoms with Gasteiger partial charge >= 0.3 is 6.01 Å². The van der Waals surface area contributed by atoms with E-state index in [1.807, 2.05) is 35.6 Å². The van der Waals surface area contributed by atoms with Gasteiger partial charge in [0.1, 0.15) is 16.9 Å². The number of imidazole rings is 1. The molecular weight excluding hydrogens is 482 g/mol. The van der Waals surface area contributed by atoms with E-state index >= 15 is 0 Å². The van der Waals surface area contributed by atoms with Crippen LogP contribution in [0, 0.1) is 11.8 Å². The lowest BCUT2D eigenvalue weighted by molar-refractivity contribution is 0.0739. The van der Waals surface area contributed by atoms with Crippen LogP contribution < -0.4 is 15.2 Å². The van der Waals surface area contributed by atoms with Gasteiger partial charge in [0, 0.05) is 49.4 Å². The van der Waals surface area contributed by atoms with Crippen molar-refractivity contribution in [3.8, 4) is 23.3 Å². The predicted molar refractivity (Wildman–Crippen MR) is 145 cm³/mol. The smallest absolute Gasteiger partial charge is 0.318 e. The molecule has 1 amide bonds. The summed E-state index contributed by atoms with van der Waals surface area (Å²) < 4.78 is 15.3. The lowest BCUT2D eigenvalue weighted by Crippen LogP contribution is -2.41. The van der Waals surface area contributed by atoms with Crippen LogP contribution in [0.3, 0.4) is 0 Å². The van der Waals surface area contributed by atoms with Crippen molar-refractivity contribution in [2.45, 2.75) is 51.7 Å². The second kappa shape index (κ2) is 9.27. The zero-order valence-electron chi connectivity index (χ0n) is 22.6. The van der Waals surface area contributed by atoms with E-state index < -0.39 is 0 Å². The quantitative estimate of drug-likeness (QED) is 0.398. The summed E-state index contributed by atoms with van der Waals surface area (Å²) in [6.45, 7) is 5.68. The maximum atomic E-state index is 13.6. The summed E-state index contributed by atoms with van der Waals surface area (Å²) in [4.78, 5) is 29.5. The topological polar surface area (TPSA) is 113 Å². The normalized spacial score (nSPS) is 21.5. The van der Waals surface area contributed by atoms with Gasteiger partial charge in [-0.25, -0.2) is 9.97 Å². The minimum absolute atomic E-state index is 0.0221. The molecule has 2 unspecified atom stereocenters. The third-order valence-electron chi connectivity index (χ3n) is 8.37. The van der Waals surface area contributed by atoms with Crippen molar-refractivity contribution in [3.05, 3.63) is 30.0 Å². The van der Waals surface area contributed by atoms with Crippen molar-refractivity contribution in [3.63, 3.8) is 0 Å². The fourth-order valence-electron chi connectivity index (χ4n) is 5.85. The molecule has 2 N–H and O–H groups in total. The summed E-state index contributed by atoms with van der Waals surface area (Å²) in [5.74, 6) is 2.28. The van der Waals surface area contributed by atoms with Crippen molar-refractivity contribution in [2.24, 2.45) is 24.6 Å². The molecule has 4 heterocycles.